The van der Waals surface area contributed by atoms with Crippen LogP contribution in [0, 0.1) is 6.92 Å². The third-order valence-corrected chi connectivity index (χ3v) is 3.99. The molecule has 0 aliphatic rings. The van der Waals surface area contributed by atoms with E-state index in [1.807, 2.05) is 32.0 Å². The SMILES string of the molecule is CCc1nc(-c2cc(Cl)ccc2Br)nc(Cl)c1C. The van der Waals surface area contributed by atoms with Gasteiger partial charge in [0.25, 0.3) is 0 Å². The molecule has 1 aromatic heterocycles. The smallest absolute Gasteiger partial charge is 0.162 e. The zero-order valence-electron chi connectivity index (χ0n) is 9.97. The van der Waals surface area contributed by atoms with Crippen LogP contribution in [0.2, 0.25) is 10.2 Å². The van der Waals surface area contributed by atoms with Crippen molar-refractivity contribution in [3.63, 3.8) is 0 Å². The minimum absolute atomic E-state index is 0.490. The van der Waals surface area contributed by atoms with Crippen molar-refractivity contribution in [1.82, 2.24) is 9.97 Å². The molecule has 0 N–H and O–H groups in total. The highest BCUT2D eigenvalue weighted by Gasteiger charge is 2.12. The summed E-state index contributed by atoms with van der Waals surface area (Å²) in [7, 11) is 0. The van der Waals surface area contributed by atoms with E-state index in [9.17, 15) is 0 Å². The first kappa shape index (κ1) is 13.8. The Morgan fingerprint density at radius 3 is 2.61 bits per heavy atom. The van der Waals surface area contributed by atoms with E-state index in [0.29, 0.717) is 16.0 Å². The lowest BCUT2D eigenvalue weighted by molar-refractivity contribution is 0.976. The van der Waals surface area contributed by atoms with Crippen LogP contribution in [0.15, 0.2) is 22.7 Å². The van der Waals surface area contributed by atoms with E-state index in [4.69, 9.17) is 23.2 Å². The number of aryl methyl sites for hydroxylation is 1. The molecule has 0 bridgehead atoms. The van der Waals surface area contributed by atoms with E-state index in [1.165, 1.54) is 0 Å². The lowest BCUT2D eigenvalue weighted by Crippen LogP contribution is -2.00. The molecule has 94 valence electrons. The monoisotopic (exact) mass is 344 g/mol. The molecule has 0 saturated carbocycles. The number of benzene rings is 1. The van der Waals surface area contributed by atoms with Gasteiger partial charge in [-0.05, 0) is 31.5 Å². The van der Waals surface area contributed by atoms with Gasteiger partial charge in [-0.25, -0.2) is 9.97 Å². The summed E-state index contributed by atoms with van der Waals surface area (Å²) in [4.78, 5) is 8.86. The topological polar surface area (TPSA) is 25.8 Å². The second kappa shape index (κ2) is 5.55. The first-order valence-electron chi connectivity index (χ1n) is 5.51. The standard InChI is InChI=1S/C13H11BrCl2N2/c1-3-11-7(2)12(16)18-13(17-11)9-6-8(15)4-5-10(9)14/h4-6H,3H2,1-2H3. The molecule has 2 rings (SSSR count). The van der Waals surface area contributed by atoms with E-state index in [0.717, 1.165) is 27.7 Å². The molecule has 0 saturated heterocycles. The van der Waals surface area contributed by atoms with Gasteiger partial charge in [-0.15, -0.1) is 0 Å². The molecule has 2 aromatic rings. The molecular formula is C13H11BrCl2N2. The summed E-state index contributed by atoms with van der Waals surface area (Å²) in [6.45, 7) is 3.97. The minimum atomic E-state index is 0.490. The Kier molecular flexibility index (Phi) is 4.25. The highest BCUT2D eigenvalue weighted by atomic mass is 79.9. The van der Waals surface area contributed by atoms with Gasteiger partial charge in [-0.1, -0.05) is 46.1 Å². The Labute approximate surface area is 124 Å². The third kappa shape index (κ3) is 2.68. The Hall–Kier alpha value is -0.640. The Balaban J connectivity index is 2.64. The first-order chi connectivity index (χ1) is 8.52. The molecule has 0 atom stereocenters. The number of nitrogens with zero attached hydrogens (tertiary/aromatic N) is 2. The first-order valence-corrected chi connectivity index (χ1v) is 7.06. The summed E-state index contributed by atoms with van der Waals surface area (Å²) in [5, 5.41) is 1.13. The van der Waals surface area contributed by atoms with Gasteiger partial charge in [0.2, 0.25) is 0 Å². The molecule has 0 radical (unpaired) electrons. The number of aromatic nitrogens is 2. The molecule has 5 heteroatoms. The van der Waals surface area contributed by atoms with Crippen molar-refractivity contribution in [3.8, 4) is 11.4 Å². The zero-order valence-corrected chi connectivity index (χ0v) is 13.1. The summed E-state index contributed by atoms with van der Waals surface area (Å²) in [5.74, 6) is 0.594. The largest absolute Gasteiger partial charge is 0.233 e. The summed E-state index contributed by atoms with van der Waals surface area (Å²) >= 11 is 15.6. The number of halogens is 3. The number of hydrogen-bond donors (Lipinski definition) is 0. The van der Waals surface area contributed by atoms with E-state index in [-0.39, 0.29) is 0 Å². The Morgan fingerprint density at radius 1 is 1.22 bits per heavy atom. The van der Waals surface area contributed by atoms with Gasteiger partial charge in [0.05, 0.1) is 0 Å². The summed E-state index contributed by atoms with van der Waals surface area (Å²) in [6, 6.07) is 5.51. The molecule has 1 aromatic carbocycles. The van der Waals surface area contributed by atoms with Gasteiger partial charge in [-0.3, -0.25) is 0 Å². The molecule has 18 heavy (non-hydrogen) atoms. The van der Waals surface area contributed by atoms with Crippen molar-refractivity contribution >= 4 is 39.1 Å². The zero-order chi connectivity index (χ0) is 13.3. The van der Waals surface area contributed by atoms with Crippen molar-refractivity contribution in [2.75, 3.05) is 0 Å². The molecule has 1 heterocycles. The van der Waals surface area contributed by atoms with Crippen LogP contribution in [0.1, 0.15) is 18.2 Å². The van der Waals surface area contributed by atoms with Gasteiger partial charge >= 0.3 is 0 Å². The van der Waals surface area contributed by atoms with Crippen LogP contribution in [0.4, 0.5) is 0 Å². The van der Waals surface area contributed by atoms with Gasteiger partial charge in [0.15, 0.2) is 5.82 Å². The molecule has 0 unspecified atom stereocenters. The average molecular weight is 346 g/mol. The van der Waals surface area contributed by atoms with Gasteiger partial charge in [0, 0.05) is 26.3 Å². The predicted molar refractivity (Wildman–Crippen MR) is 79.3 cm³/mol. The molecule has 0 amide bonds. The van der Waals surface area contributed by atoms with Crippen LogP contribution in [0.25, 0.3) is 11.4 Å². The lowest BCUT2D eigenvalue weighted by atomic mass is 10.1. The van der Waals surface area contributed by atoms with Crippen LogP contribution in [-0.2, 0) is 6.42 Å². The highest BCUT2D eigenvalue weighted by molar-refractivity contribution is 9.10. The van der Waals surface area contributed by atoms with Crippen molar-refractivity contribution in [2.45, 2.75) is 20.3 Å². The summed E-state index contributed by atoms with van der Waals surface area (Å²) < 4.78 is 0.897. The van der Waals surface area contributed by atoms with Crippen LogP contribution in [-0.4, -0.2) is 9.97 Å². The fourth-order valence-electron chi connectivity index (χ4n) is 1.67. The normalized spacial score (nSPS) is 10.7. The highest BCUT2D eigenvalue weighted by Crippen LogP contribution is 2.30. The maximum atomic E-state index is 6.14. The quantitative estimate of drug-likeness (QED) is 0.709. The van der Waals surface area contributed by atoms with Crippen molar-refractivity contribution in [3.05, 3.63) is 44.1 Å². The molecule has 0 fully saturated rings. The summed E-state index contributed by atoms with van der Waals surface area (Å²) in [6.07, 6.45) is 0.819. The van der Waals surface area contributed by atoms with Gasteiger partial charge in [0.1, 0.15) is 5.15 Å². The number of rotatable bonds is 2. The maximum Gasteiger partial charge on any atom is 0.162 e. The molecule has 2 nitrogen and oxygen atoms in total. The fraction of sp³-hybridized carbons (Fsp3) is 0.231. The molecule has 0 spiro atoms. The fourth-order valence-corrected chi connectivity index (χ4v) is 2.45. The Bertz CT molecular complexity index is 600. The summed E-state index contributed by atoms with van der Waals surface area (Å²) in [5.41, 5.74) is 2.73. The van der Waals surface area contributed by atoms with Gasteiger partial charge < -0.3 is 0 Å². The third-order valence-electron chi connectivity index (χ3n) is 2.69. The second-order valence-electron chi connectivity index (χ2n) is 3.89. The minimum Gasteiger partial charge on any atom is -0.233 e. The predicted octanol–water partition coefficient (Wildman–Crippen LogP) is 5.08. The van der Waals surface area contributed by atoms with E-state index < -0.39 is 0 Å². The van der Waals surface area contributed by atoms with Crippen LogP contribution >= 0.6 is 39.1 Å². The van der Waals surface area contributed by atoms with E-state index in [1.54, 1.807) is 0 Å². The van der Waals surface area contributed by atoms with Crippen LogP contribution in [0.5, 0.6) is 0 Å². The second-order valence-corrected chi connectivity index (χ2v) is 5.54. The number of hydrogen-bond acceptors (Lipinski definition) is 2. The van der Waals surface area contributed by atoms with Crippen molar-refractivity contribution in [1.29, 1.82) is 0 Å². The molecule has 0 aliphatic carbocycles. The van der Waals surface area contributed by atoms with Gasteiger partial charge in [-0.2, -0.15) is 0 Å². The molecular weight excluding hydrogens is 335 g/mol. The average Bonchev–Trinajstić information content (AvgIpc) is 2.35. The van der Waals surface area contributed by atoms with Crippen molar-refractivity contribution < 1.29 is 0 Å². The Morgan fingerprint density at radius 2 is 1.94 bits per heavy atom. The van der Waals surface area contributed by atoms with Crippen LogP contribution < -0.4 is 0 Å². The maximum absolute atomic E-state index is 6.14. The van der Waals surface area contributed by atoms with Crippen molar-refractivity contribution in [2.24, 2.45) is 0 Å². The molecule has 0 aliphatic heterocycles. The lowest BCUT2D eigenvalue weighted by Gasteiger charge is -2.09. The van der Waals surface area contributed by atoms with E-state index in [2.05, 4.69) is 25.9 Å². The van der Waals surface area contributed by atoms with E-state index >= 15 is 0 Å². The van der Waals surface area contributed by atoms with Crippen LogP contribution in [0.3, 0.4) is 0 Å².